The molecule has 0 aliphatic heterocycles. The molecule has 8 nitrogen and oxygen atoms in total. The second kappa shape index (κ2) is 7.46. The summed E-state index contributed by atoms with van der Waals surface area (Å²) in [6.45, 7) is 2.43. The fourth-order valence-electron chi connectivity index (χ4n) is 3.30. The number of benzene rings is 1. The van der Waals surface area contributed by atoms with Gasteiger partial charge in [-0.2, -0.15) is 0 Å². The third-order valence-corrected chi connectivity index (χ3v) is 4.87. The van der Waals surface area contributed by atoms with E-state index in [1.54, 1.807) is 37.5 Å². The monoisotopic (exact) mass is 384 g/mol. The summed E-state index contributed by atoms with van der Waals surface area (Å²) in [5.41, 5.74) is 1.35. The summed E-state index contributed by atoms with van der Waals surface area (Å²) in [6, 6.07) is 3.83. The Morgan fingerprint density at radius 1 is 1.39 bits per heavy atom. The Balaban J connectivity index is 1.83. The summed E-state index contributed by atoms with van der Waals surface area (Å²) in [7, 11) is 0. The Labute approximate surface area is 160 Å². The number of pyridine rings is 1. The highest BCUT2D eigenvalue weighted by Crippen LogP contribution is 2.41. The van der Waals surface area contributed by atoms with Gasteiger partial charge in [-0.3, -0.25) is 19.9 Å². The number of aromatic nitrogens is 1. The molecule has 3 aromatic rings. The van der Waals surface area contributed by atoms with Crippen molar-refractivity contribution in [2.24, 2.45) is 5.92 Å². The van der Waals surface area contributed by atoms with Gasteiger partial charge < -0.3 is 13.9 Å². The van der Waals surface area contributed by atoms with Crippen LogP contribution in [-0.2, 0) is 9.53 Å². The molecule has 4 rings (SSSR count). The standard InChI is InChI=1S/C20H20N2O6/c1-2-26-18(23)9-15(22(24)25)13-5-6-16(27-11-12-3-4-12)20-19(13)14-7-8-21-10-17(14)28-20/h5-8,10,12,15H,2-4,9,11H2,1H3. The second-order valence-corrected chi connectivity index (χ2v) is 6.90. The van der Waals surface area contributed by atoms with Crippen molar-refractivity contribution in [3.63, 3.8) is 0 Å². The number of carbonyl (C=O) groups is 1. The lowest BCUT2D eigenvalue weighted by Gasteiger charge is -2.12. The van der Waals surface area contributed by atoms with Crippen LogP contribution in [0.15, 0.2) is 35.0 Å². The molecule has 1 aromatic carbocycles. The van der Waals surface area contributed by atoms with Crippen LogP contribution in [-0.4, -0.2) is 29.1 Å². The number of nitro groups is 1. The lowest BCUT2D eigenvalue weighted by molar-refractivity contribution is -0.527. The lowest BCUT2D eigenvalue weighted by atomic mass is 9.98. The molecule has 8 heteroatoms. The zero-order valence-electron chi connectivity index (χ0n) is 15.4. The Hall–Kier alpha value is -3.16. The summed E-state index contributed by atoms with van der Waals surface area (Å²) < 4.78 is 16.8. The smallest absolute Gasteiger partial charge is 0.313 e. The van der Waals surface area contributed by atoms with Gasteiger partial charge in [0, 0.05) is 27.5 Å². The second-order valence-electron chi connectivity index (χ2n) is 6.90. The van der Waals surface area contributed by atoms with E-state index >= 15 is 0 Å². The van der Waals surface area contributed by atoms with E-state index in [0.29, 0.717) is 45.8 Å². The van der Waals surface area contributed by atoms with Crippen molar-refractivity contribution in [1.29, 1.82) is 0 Å². The molecule has 1 aliphatic carbocycles. The summed E-state index contributed by atoms with van der Waals surface area (Å²) >= 11 is 0. The van der Waals surface area contributed by atoms with Crippen molar-refractivity contribution in [2.75, 3.05) is 13.2 Å². The quantitative estimate of drug-likeness (QED) is 0.328. The van der Waals surface area contributed by atoms with Crippen molar-refractivity contribution in [3.8, 4) is 5.75 Å². The first-order chi connectivity index (χ1) is 13.6. The SMILES string of the molecule is CCOC(=O)CC(c1ccc(OCC2CC2)c2oc3cnccc3c12)[N+](=O)[O-]. The van der Waals surface area contributed by atoms with Crippen molar-refractivity contribution in [2.45, 2.75) is 32.2 Å². The molecule has 1 unspecified atom stereocenters. The number of furan rings is 1. The first-order valence-corrected chi connectivity index (χ1v) is 9.29. The van der Waals surface area contributed by atoms with E-state index in [-0.39, 0.29) is 13.0 Å². The number of fused-ring (bicyclic) bond motifs is 3. The number of rotatable bonds is 8. The van der Waals surface area contributed by atoms with Gasteiger partial charge in [-0.1, -0.05) is 0 Å². The molecule has 0 amide bonds. The average molecular weight is 384 g/mol. The molecule has 0 bridgehead atoms. The summed E-state index contributed by atoms with van der Waals surface area (Å²) in [6.07, 6.45) is 5.11. The molecule has 1 saturated carbocycles. The van der Waals surface area contributed by atoms with Crippen LogP contribution in [0.3, 0.4) is 0 Å². The van der Waals surface area contributed by atoms with Gasteiger partial charge in [0.1, 0.15) is 6.42 Å². The average Bonchev–Trinajstić information content (AvgIpc) is 3.42. The first kappa shape index (κ1) is 18.2. The van der Waals surface area contributed by atoms with Crippen LogP contribution in [0.4, 0.5) is 0 Å². The minimum atomic E-state index is -1.24. The van der Waals surface area contributed by atoms with Gasteiger partial charge in [-0.05, 0) is 43.9 Å². The number of carbonyl (C=O) groups excluding carboxylic acids is 1. The molecule has 2 heterocycles. The molecule has 0 spiro atoms. The number of ether oxygens (including phenoxy) is 2. The van der Waals surface area contributed by atoms with Crippen LogP contribution in [0.25, 0.3) is 21.9 Å². The summed E-state index contributed by atoms with van der Waals surface area (Å²) in [4.78, 5) is 27.3. The molecular weight excluding hydrogens is 364 g/mol. The molecule has 1 aliphatic rings. The minimum absolute atomic E-state index is 0.174. The van der Waals surface area contributed by atoms with E-state index in [2.05, 4.69) is 4.98 Å². The van der Waals surface area contributed by atoms with Gasteiger partial charge in [-0.15, -0.1) is 0 Å². The topological polar surface area (TPSA) is 105 Å². The van der Waals surface area contributed by atoms with Gasteiger partial charge in [0.15, 0.2) is 16.9 Å². The lowest BCUT2D eigenvalue weighted by Crippen LogP contribution is -2.17. The molecule has 146 valence electrons. The van der Waals surface area contributed by atoms with E-state index in [1.165, 1.54) is 0 Å². The van der Waals surface area contributed by atoms with Crippen LogP contribution < -0.4 is 4.74 Å². The highest BCUT2D eigenvalue weighted by atomic mass is 16.6. The van der Waals surface area contributed by atoms with Gasteiger partial charge >= 0.3 is 5.97 Å². The van der Waals surface area contributed by atoms with E-state index in [9.17, 15) is 14.9 Å². The van der Waals surface area contributed by atoms with E-state index in [1.807, 2.05) is 0 Å². The fourth-order valence-corrected chi connectivity index (χ4v) is 3.30. The molecule has 0 saturated heterocycles. The van der Waals surface area contributed by atoms with Crippen molar-refractivity contribution in [1.82, 2.24) is 4.98 Å². The van der Waals surface area contributed by atoms with Crippen LogP contribution in [0, 0.1) is 16.0 Å². The van der Waals surface area contributed by atoms with Gasteiger partial charge in [0.2, 0.25) is 6.04 Å². The first-order valence-electron chi connectivity index (χ1n) is 9.29. The summed E-state index contributed by atoms with van der Waals surface area (Å²) in [5.74, 6) is 0.483. The number of esters is 1. The van der Waals surface area contributed by atoms with Crippen molar-refractivity contribution in [3.05, 3.63) is 46.3 Å². The predicted molar refractivity (Wildman–Crippen MR) is 101 cm³/mol. The Bertz CT molecular complexity index is 1040. The molecule has 0 N–H and O–H groups in total. The number of hydrogen-bond acceptors (Lipinski definition) is 7. The maximum absolute atomic E-state index is 11.9. The van der Waals surface area contributed by atoms with E-state index in [4.69, 9.17) is 13.9 Å². The third kappa shape index (κ3) is 3.49. The Morgan fingerprint density at radius 3 is 2.93 bits per heavy atom. The number of hydrogen-bond donors (Lipinski definition) is 0. The maximum Gasteiger partial charge on any atom is 0.313 e. The molecule has 2 aromatic heterocycles. The highest BCUT2D eigenvalue weighted by Gasteiger charge is 2.32. The van der Waals surface area contributed by atoms with E-state index in [0.717, 1.165) is 12.8 Å². The normalized spacial score (nSPS) is 14.9. The molecule has 0 radical (unpaired) electrons. The molecular formula is C20H20N2O6. The zero-order valence-corrected chi connectivity index (χ0v) is 15.4. The largest absolute Gasteiger partial charge is 0.489 e. The highest BCUT2D eigenvalue weighted by molar-refractivity contribution is 6.08. The molecule has 1 atom stereocenters. The van der Waals surface area contributed by atoms with Crippen molar-refractivity contribution < 1.29 is 23.6 Å². The van der Waals surface area contributed by atoms with E-state index < -0.39 is 16.9 Å². The maximum atomic E-state index is 11.9. The van der Waals surface area contributed by atoms with Gasteiger partial charge in [0.05, 0.1) is 19.4 Å². The Kier molecular flexibility index (Phi) is 4.85. The van der Waals surface area contributed by atoms with Crippen LogP contribution in [0.5, 0.6) is 5.75 Å². The predicted octanol–water partition coefficient (Wildman–Crippen LogP) is 4.04. The van der Waals surface area contributed by atoms with Gasteiger partial charge in [-0.25, -0.2) is 0 Å². The summed E-state index contributed by atoms with van der Waals surface area (Å²) in [5, 5.41) is 13.1. The van der Waals surface area contributed by atoms with Gasteiger partial charge in [0.25, 0.3) is 0 Å². The van der Waals surface area contributed by atoms with Crippen molar-refractivity contribution >= 4 is 27.9 Å². The molecule has 28 heavy (non-hydrogen) atoms. The molecule has 1 fully saturated rings. The van der Waals surface area contributed by atoms with Crippen LogP contribution in [0.1, 0.15) is 37.8 Å². The van der Waals surface area contributed by atoms with Crippen LogP contribution >= 0.6 is 0 Å². The zero-order chi connectivity index (χ0) is 19.7. The third-order valence-electron chi connectivity index (χ3n) is 4.87. The fraction of sp³-hybridized carbons (Fsp3) is 0.400. The number of nitrogens with zero attached hydrogens (tertiary/aromatic N) is 2. The van der Waals surface area contributed by atoms with Crippen LogP contribution in [0.2, 0.25) is 0 Å². The minimum Gasteiger partial charge on any atom is -0.489 e. The Morgan fingerprint density at radius 2 is 2.21 bits per heavy atom.